The molecule has 0 aliphatic carbocycles. The normalized spacial score (nSPS) is 21.3. The maximum absolute atomic E-state index is 13.5. The maximum Gasteiger partial charge on any atom is 0.323 e. The lowest BCUT2D eigenvalue weighted by molar-refractivity contribution is -0.123. The van der Waals surface area contributed by atoms with Crippen LogP contribution in [0, 0.1) is 0 Å². The molecule has 1 atom stereocenters. The first-order valence-electron chi connectivity index (χ1n) is 8.86. The predicted octanol–water partition coefficient (Wildman–Crippen LogP) is 4.53. The molecule has 1 N–H and O–H groups in total. The molecule has 140 valence electrons. The third-order valence-electron chi connectivity index (χ3n) is 4.90. The molecule has 2 heterocycles. The number of amides is 3. The Balaban J connectivity index is 1.72. The number of benzene rings is 2. The zero-order valence-corrected chi connectivity index (χ0v) is 16.7. The molecule has 0 saturated carbocycles. The van der Waals surface area contributed by atoms with Gasteiger partial charge in [0.05, 0.1) is 5.69 Å². The topological polar surface area (TPSA) is 52.7 Å². The van der Waals surface area contributed by atoms with Gasteiger partial charge >= 0.3 is 6.03 Å². The fourth-order valence-corrected chi connectivity index (χ4v) is 5.34. The van der Waals surface area contributed by atoms with Crippen LogP contribution in [0.25, 0.3) is 0 Å². The van der Waals surface area contributed by atoms with Crippen molar-refractivity contribution in [1.29, 1.82) is 0 Å². The zero-order chi connectivity index (χ0) is 19.2. The molecular weight excluding hydrogens is 382 g/mol. The number of hydrogen-bond donors (Lipinski definition) is 1. The maximum atomic E-state index is 13.5. The summed E-state index contributed by atoms with van der Waals surface area (Å²) in [6.45, 7) is 4.49. The molecule has 2 aromatic carbocycles. The number of hydrogen-bond acceptors (Lipinski definition) is 3. The second kappa shape index (κ2) is 6.77. The molecule has 0 bridgehead atoms. The average Bonchev–Trinajstić information content (AvgIpc) is 3.19. The van der Waals surface area contributed by atoms with Crippen molar-refractivity contribution < 1.29 is 9.59 Å². The minimum atomic E-state index is -1.00. The summed E-state index contributed by atoms with van der Waals surface area (Å²) in [6, 6.07) is 14.4. The molecule has 5 nitrogen and oxygen atoms in total. The summed E-state index contributed by atoms with van der Waals surface area (Å²) in [5.41, 5.74) is 2.42. The van der Waals surface area contributed by atoms with Gasteiger partial charge in [-0.05, 0) is 44.2 Å². The Morgan fingerprint density at radius 3 is 2.59 bits per heavy atom. The Bertz CT molecular complexity index is 902. The Labute approximate surface area is 167 Å². The minimum absolute atomic E-state index is 0.0143. The average molecular weight is 402 g/mol. The van der Waals surface area contributed by atoms with Crippen LogP contribution in [-0.4, -0.2) is 35.2 Å². The Morgan fingerprint density at radius 1 is 1.19 bits per heavy atom. The first kappa shape index (κ1) is 18.2. The summed E-state index contributed by atoms with van der Waals surface area (Å²) in [5.74, 6) is 0.660. The second-order valence-corrected chi connectivity index (χ2v) is 8.59. The summed E-state index contributed by atoms with van der Waals surface area (Å²) < 4.78 is 0. The summed E-state index contributed by atoms with van der Waals surface area (Å²) in [5, 5.41) is 3.51. The largest absolute Gasteiger partial charge is 0.323 e. The van der Waals surface area contributed by atoms with E-state index in [-0.39, 0.29) is 18.0 Å². The van der Waals surface area contributed by atoms with Crippen LogP contribution in [0.3, 0.4) is 0 Å². The lowest BCUT2D eigenvalue weighted by Crippen LogP contribution is -2.52. The van der Waals surface area contributed by atoms with Gasteiger partial charge in [0.15, 0.2) is 4.87 Å². The number of thioether (sulfide) groups is 1. The van der Waals surface area contributed by atoms with Crippen molar-refractivity contribution in [3.8, 4) is 0 Å². The second-order valence-electron chi connectivity index (χ2n) is 6.87. The highest BCUT2D eigenvalue weighted by molar-refractivity contribution is 8.01. The fraction of sp³-hybridized carbons (Fsp3) is 0.300. The van der Waals surface area contributed by atoms with Crippen LogP contribution in [0.4, 0.5) is 16.2 Å². The summed E-state index contributed by atoms with van der Waals surface area (Å²) >= 11 is 7.44. The van der Waals surface area contributed by atoms with Gasteiger partial charge in [0.1, 0.15) is 0 Å². The van der Waals surface area contributed by atoms with E-state index in [1.807, 2.05) is 38.1 Å². The van der Waals surface area contributed by atoms with Gasteiger partial charge in [-0.25, -0.2) is 4.79 Å². The minimum Gasteiger partial charge on any atom is -0.308 e. The van der Waals surface area contributed by atoms with E-state index in [0.717, 1.165) is 11.3 Å². The van der Waals surface area contributed by atoms with Crippen LogP contribution in [0.15, 0.2) is 48.5 Å². The molecule has 27 heavy (non-hydrogen) atoms. The van der Waals surface area contributed by atoms with Crippen molar-refractivity contribution in [2.75, 3.05) is 22.5 Å². The van der Waals surface area contributed by atoms with Gasteiger partial charge in [0, 0.05) is 34.6 Å². The van der Waals surface area contributed by atoms with Crippen molar-refractivity contribution in [1.82, 2.24) is 4.90 Å². The first-order valence-corrected chi connectivity index (χ1v) is 10.2. The molecule has 0 unspecified atom stereocenters. The molecular formula is C20H20ClN3O2S. The highest BCUT2D eigenvalue weighted by atomic mass is 35.5. The van der Waals surface area contributed by atoms with Crippen molar-refractivity contribution in [2.45, 2.75) is 24.8 Å². The number of nitrogens with one attached hydrogen (secondary N) is 1. The van der Waals surface area contributed by atoms with Gasteiger partial charge in [-0.1, -0.05) is 29.8 Å². The van der Waals surface area contributed by atoms with Crippen LogP contribution in [0.5, 0.6) is 0 Å². The summed E-state index contributed by atoms with van der Waals surface area (Å²) in [7, 11) is 0. The highest BCUT2D eigenvalue weighted by Crippen LogP contribution is 2.54. The number of urea groups is 1. The van der Waals surface area contributed by atoms with Crippen LogP contribution in [0.2, 0.25) is 5.02 Å². The molecule has 3 amide bonds. The van der Waals surface area contributed by atoms with Gasteiger partial charge in [-0.2, -0.15) is 0 Å². The Kier molecular flexibility index (Phi) is 4.56. The standard InChI is InChI=1S/C20H20ClN3O2S/c1-13(2)24-17-6-4-3-5-16(17)20(18(24)25)23(11-12-27-20)19(26)22-15-9-7-14(21)8-10-15/h3-10,13H,11-12H2,1-2H3,(H,22,26)/t20-/m1/s1. The van der Waals surface area contributed by atoms with E-state index in [0.29, 0.717) is 23.0 Å². The SMILES string of the molecule is CC(C)N1C(=O)[C@]2(SCCN2C(=O)Nc2ccc(Cl)cc2)c2ccccc21. The summed E-state index contributed by atoms with van der Waals surface area (Å²) in [6.07, 6.45) is 0. The van der Waals surface area contributed by atoms with E-state index < -0.39 is 4.87 Å². The lowest BCUT2D eigenvalue weighted by atomic mass is 10.1. The van der Waals surface area contributed by atoms with E-state index in [1.54, 1.807) is 34.1 Å². The Morgan fingerprint density at radius 2 is 1.89 bits per heavy atom. The van der Waals surface area contributed by atoms with E-state index in [2.05, 4.69) is 5.32 Å². The fourth-order valence-electron chi connectivity index (χ4n) is 3.76. The van der Waals surface area contributed by atoms with E-state index >= 15 is 0 Å². The van der Waals surface area contributed by atoms with Crippen molar-refractivity contribution in [3.05, 3.63) is 59.1 Å². The molecule has 1 saturated heterocycles. The molecule has 0 radical (unpaired) electrons. The van der Waals surface area contributed by atoms with Gasteiger partial charge in [-0.3, -0.25) is 9.69 Å². The molecule has 7 heteroatoms. The Hall–Kier alpha value is -2.18. The van der Waals surface area contributed by atoms with Crippen molar-refractivity contribution in [3.63, 3.8) is 0 Å². The molecule has 2 aliphatic rings. The van der Waals surface area contributed by atoms with Crippen LogP contribution >= 0.6 is 23.4 Å². The third-order valence-corrected chi connectivity index (χ3v) is 6.57. The lowest BCUT2D eigenvalue weighted by Gasteiger charge is -2.33. The van der Waals surface area contributed by atoms with Crippen molar-refractivity contribution in [2.24, 2.45) is 0 Å². The number of halogens is 1. The van der Waals surface area contributed by atoms with Gasteiger partial charge < -0.3 is 10.2 Å². The first-order chi connectivity index (χ1) is 12.9. The van der Waals surface area contributed by atoms with Gasteiger partial charge in [-0.15, -0.1) is 11.8 Å². The van der Waals surface area contributed by atoms with E-state index in [4.69, 9.17) is 11.6 Å². The molecule has 1 fully saturated rings. The van der Waals surface area contributed by atoms with E-state index in [9.17, 15) is 9.59 Å². The molecule has 0 aromatic heterocycles. The highest BCUT2D eigenvalue weighted by Gasteiger charge is 2.59. The molecule has 2 aromatic rings. The number of fused-ring (bicyclic) bond motifs is 2. The van der Waals surface area contributed by atoms with Crippen molar-refractivity contribution >= 4 is 46.7 Å². The van der Waals surface area contributed by atoms with Crippen LogP contribution in [-0.2, 0) is 9.67 Å². The number of anilines is 2. The molecule has 4 rings (SSSR count). The smallest absolute Gasteiger partial charge is 0.308 e. The zero-order valence-electron chi connectivity index (χ0n) is 15.1. The number of carbonyl (C=O) groups excluding carboxylic acids is 2. The monoisotopic (exact) mass is 401 g/mol. The predicted molar refractivity (Wildman–Crippen MR) is 110 cm³/mol. The number of para-hydroxylation sites is 1. The number of carbonyl (C=O) groups is 2. The van der Waals surface area contributed by atoms with Gasteiger partial charge in [0.25, 0.3) is 5.91 Å². The number of rotatable bonds is 2. The molecule has 2 aliphatic heterocycles. The van der Waals surface area contributed by atoms with E-state index in [1.165, 1.54) is 11.8 Å². The van der Waals surface area contributed by atoms with Gasteiger partial charge in [0.2, 0.25) is 0 Å². The van der Waals surface area contributed by atoms with Crippen LogP contribution in [0.1, 0.15) is 19.4 Å². The summed E-state index contributed by atoms with van der Waals surface area (Å²) in [4.78, 5) is 29.1. The van der Waals surface area contributed by atoms with Crippen LogP contribution < -0.4 is 10.2 Å². The molecule has 1 spiro atoms. The quantitative estimate of drug-likeness (QED) is 0.804. The third kappa shape index (κ3) is 2.78. The number of nitrogens with zero attached hydrogens (tertiary/aromatic N) is 2.